The molecule has 0 amide bonds. The second-order valence-corrected chi connectivity index (χ2v) is 5.76. The van der Waals surface area contributed by atoms with Gasteiger partial charge in [0.2, 0.25) is 0 Å². The zero-order valence-electron chi connectivity index (χ0n) is 10.8. The molecule has 2 N–H and O–H groups in total. The maximum absolute atomic E-state index is 11.0. The summed E-state index contributed by atoms with van der Waals surface area (Å²) >= 11 is 0. The predicted molar refractivity (Wildman–Crippen MR) is 65.5 cm³/mol. The van der Waals surface area contributed by atoms with Gasteiger partial charge in [0.15, 0.2) is 0 Å². The van der Waals surface area contributed by atoms with Gasteiger partial charge in [-0.2, -0.15) is 0 Å². The molecule has 94 valence electrons. The molecule has 3 heteroatoms. The van der Waals surface area contributed by atoms with Crippen molar-refractivity contribution in [3.05, 3.63) is 0 Å². The highest BCUT2D eigenvalue weighted by atomic mass is 16.4. The SMILES string of the molecule is CC(NCC(C)(C)C(=O)O)C1CCCCC1. The van der Waals surface area contributed by atoms with Crippen molar-refractivity contribution in [1.82, 2.24) is 5.32 Å². The van der Waals surface area contributed by atoms with E-state index in [2.05, 4.69) is 12.2 Å². The minimum atomic E-state index is -0.726. The third-order valence-electron chi connectivity index (χ3n) is 3.80. The monoisotopic (exact) mass is 227 g/mol. The van der Waals surface area contributed by atoms with Gasteiger partial charge in [0.25, 0.3) is 0 Å². The fourth-order valence-corrected chi connectivity index (χ4v) is 2.29. The van der Waals surface area contributed by atoms with Crippen molar-refractivity contribution in [2.45, 2.75) is 58.9 Å². The number of nitrogens with one attached hydrogen (secondary N) is 1. The largest absolute Gasteiger partial charge is 0.481 e. The second-order valence-electron chi connectivity index (χ2n) is 5.76. The van der Waals surface area contributed by atoms with E-state index in [1.807, 2.05) is 0 Å². The Morgan fingerprint density at radius 1 is 1.38 bits per heavy atom. The maximum Gasteiger partial charge on any atom is 0.310 e. The van der Waals surface area contributed by atoms with Crippen LogP contribution in [0.15, 0.2) is 0 Å². The number of aliphatic carboxylic acids is 1. The third-order valence-corrected chi connectivity index (χ3v) is 3.80. The molecule has 1 aliphatic rings. The summed E-state index contributed by atoms with van der Waals surface area (Å²) in [6, 6.07) is 0.443. The van der Waals surface area contributed by atoms with Crippen molar-refractivity contribution >= 4 is 5.97 Å². The summed E-state index contributed by atoms with van der Waals surface area (Å²) in [7, 11) is 0. The lowest BCUT2D eigenvalue weighted by Crippen LogP contribution is -2.43. The van der Waals surface area contributed by atoms with Gasteiger partial charge in [0.1, 0.15) is 0 Å². The molecule has 0 bridgehead atoms. The summed E-state index contributed by atoms with van der Waals surface area (Å²) in [4.78, 5) is 11.0. The van der Waals surface area contributed by atoms with Gasteiger partial charge >= 0.3 is 5.97 Å². The third kappa shape index (κ3) is 3.78. The summed E-state index contributed by atoms with van der Waals surface area (Å²) < 4.78 is 0. The molecule has 0 radical (unpaired) electrons. The Labute approximate surface area is 98.6 Å². The minimum absolute atomic E-state index is 0.443. The van der Waals surface area contributed by atoms with E-state index in [4.69, 9.17) is 5.11 Å². The van der Waals surface area contributed by atoms with E-state index in [0.29, 0.717) is 12.6 Å². The highest BCUT2D eigenvalue weighted by molar-refractivity contribution is 5.73. The van der Waals surface area contributed by atoms with Crippen LogP contribution in [0.3, 0.4) is 0 Å². The van der Waals surface area contributed by atoms with Crippen LogP contribution in [0.2, 0.25) is 0 Å². The summed E-state index contributed by atoms with van der Waals surface area (Å²) in [5.41, 5.74) is -0.664. The lowest BCUT2D eigenvalue weighted by atomic mass is 9.84. The maximum atomic E-state index is 11.0. The molecule has 1 saturated carbocycles. The molecule has 0 saturated heterocycles. The van der Waals surface area contributed by atoms with Crippen molar-refractivity contribution < 1.29 is 9.90 Å². The number of rotatable bonds is 5. The molecule has 16 heavy (non-hydrogen) atoms. The topological polar surface area (TPSA) is 49.3 Å². The average molecular weight is 227 g/mol. The molecule has 0 spiro atoms. The number of hydrogen-bond acceptors (Lipinski definition) is 2. The summed E-state index contributed by atoms with van der Waals surface area (Å²) in [5.74, 6) is 0.00851. The number of carboxylic acids is 1. The molecule has 0 aromatic heterocycles. The molecule has 1 aliphatic carbocycles. The number of hydrogen-bond donors (Lipinski definition) is 2. The zero-order chi connectivity index (χ0) is 12.2. The molecule has 3 nitrogen and oxygen atoms in total. The van der Waals surface area contributed by atoms with Crippen LogP contribution in [-0.4, -0.2) is 23.7 Å². The van der Waals surface area contributed by atoms with E-state index in [0.717, 1.165) is 5.92 Å². The van der Waals surface area contributed by atoms with Crippen LogP contribution in [-0.2, 0) is 4.79 Å². The van der Waals surface area contributed by atoms with E-state index in [9.17, 15) is 4.79 Å². The lowest BCUT2D eigenvalue weighted by Gasteiger charge is -2.30. The predicted octanol–water partition coefficient (Wildman–Crippen LogP) is 2.66. The van der Waals surface area contributed by atoms with E-state index < -0.39 is 11.4 Å². The molecule has 0 aromatic rings. The molecule has 0 heterocycles. The summed E-state index contributed by atoms with van der Waals surface area (Å²) in [6.45, 7) is 6.29. The van der Waals surface area contributed by atoms with Gasteiger partial charge in [-0.05, 0) is 39.5 Å². The molecule has 1 rings (SSSR count). The lowest BCUT2D eigenvalue weighted by molar-refractivity contribution is -0.146. The van der Waals surface area contributed by atoms with Crippen molar-refractivity contribution in [3.8, 4) is 0 Å². The highest BCUT2D eigenvalue weighted by Crippen LogP contribution is 2.26. The highest BCUT2D eigenvalue weighted by Gasteiger charge is 2.28. The fraction of sp³-hybridized carbons (Fsp3) is 0.923. The summed E-state index contributed by atoms with van der Waals surface area (Å²) in [5, 5.41) is 12.4. The van der Waals surface area contributed by atoms with Gasteiger partial charge < -0.3 is 10.4 Å². The fourth-order valence-electron chi connectivity index (χ4n) is 2.29. The molecule has 1 atom stereocenters. The van der Waals surface area contributed by atoms with E-state index >= 15 is 0 Å². The van der Waals surface area contributed by atoms with Crippen LogP contribution < -0.4 is 5.32 Å². The number of carbonyl (C=O) groups is 1. The van der Waals surface area contributed by atoms with Gasteiger partial charge in [-0.3, -0.25) is 4.79 Å². The molecule has 0 aromatic carbocycles. The Hall–Kier alpha value is -0.570. The first-order valence-corrected chi connectivity index (χ1v) is 6.40. The van der Waals surface area contributed by atoms with Crippen molar-refractivity contribution in [2.75, 3.05) is 6.54 Å². The van der Waals surface area contributed by atoms with Crippen LogP contribution in [0, 0.1) is 11.3 Å². The van der Waals surface area contributed by atoms with Crippen LogP contribution >= 0.6 is 0 Å². The summed E-state index contributed by atoms with van der Waals surface area (Å²) in [6.07, 6.45) is 6.62. The Morgan fingerprint density at radius 2 is 1.94 bits per heavy atom. The Morgan fingerprint density at radius 3 is 2.44 bits per heavy atom. The first kappa shape index (κ1) is 13.5. The Balaban J connectivity index is 2.33. The van der Waals surface area contributed by atoms with Crippen LogP contribution in [0.1, 0.15) is 52.9 Å². The van der Waals surface area contributed by atoms with E-state index in [1.165, 1.54) is 32.1 Å². The number of carboxylic acid groups (broad SMARTS) is 1. The first-order valence-electron chi connectivity index (χ1n) is 6.40. The molecule has 1 fully saturated rings. The van der Waals surface area contributed by atoms with E-state index in [-0.39, 0.29) is 0 Å². The Kier molecular flexibility index (Phi) is 4.78. The minimum Gasteiger partial charge on any atom is -0.481 e. The first-order chi connectivity index (χ1) is 7.43. The van der Waals surface area contributed by atoms with Crippen LogP contribution in [0.25, 0.3) is 0 Å². The second kappa shape index (κ2) is 5.67. The molecule has 1 unspecified atom stereocenters. The molecular weight excluding hydrogens is 202 g/mol. The molecule has 0 aliphatic heterocycles. The molecular formula is C13H25NO2. The van der Waals surface area contributed by atoms with Gasteiger partial charge in [-0.15, -0.1) is 0 Å². The average Bonchev–Trinajstić information content (AvgIpc) is 2.27. The van der Waals surface area contributed by atoms with Crippen LogP contribution in [0.5, 0.6) is 0 Å². The zero-order valence-corrected chi connectivity index (χ0v) is 10.8. The standard InChI is InChI=1S/C13H25NO2/c1-10(11-7-5-4-6-8-11)14-9-13(2,3)12(15)16/h10-11,14H,4-9H2,1-3H3,(H,15,16). The van der Waals surface area contributed by atoms with Gasteiger partial charge in [0, 0.05) is 12.6 Å². The van der Waals surface area contributed by atoms with Crippen molar-refractivity contribution in [2.24, 2.45) is 11.3 Å². The van der Waals surface area contributed by atoms with Crippen molar-refractivity contribution in [3.63, 3.8) is 0 Å². The van der Waals surface area contributed by atoms with Gasteiger partial charge in [-0.25, -0.2) is 0 Å². The van der Waals surface area contributed by atoms with Crippen molar-refractivity contribution in [1.29, 1.82) is 0 Å². The van der Waals surface area contributed by atoms with Gasteiger partial charge in [-0.1, -0.05) is 19.3 Å². The van der Waals surface area contributed by atoms with Gasteiger partial charge in [0.05, 0.1) is 5.41 Å². The van der Waals surface area contributed by atoms with Crippen LogP contribution in [0.4, 0.5) is 0 Å². The normalized spacial score (nSPS) is 20.7. The van der Waals surface area contributed by atoms with E-state index in [1.54, 1.807) is 13.8 Å². The Bertz CT molecular complexity index is 232. The quantitative estimate of drug-likeness (QED) is 0.759. The smallest absolute Gasteiger partial charge is 0.310 e.